The average molecular weight is 512 g/mol. The van der Waals surface area contributed by atoms with E-state index in [-0.39, 0.29) is 35.3 Å². The maximum absolute atomic E-state index is 13.1. The van der Waals surface area contributed by atoms with E-state index in [1.54, 1.807) is 0 Å². The second kappa shape index (κ2) is 10.1. The second-order valence-corrected chi connectivity index (χ2v) is 8.05. The largest absolute Gasteiger partial charge is 0.370 e. The van der Waals surface area contributed by atoms with Gasteiger partial charge in [-0.25, -0.2) is 14.4 Å². The van der Waals surface area contributed by atoms with Crippen LogP contribution in [0.3, 0.4) is 0 Å². The van der Waals surface area contributed by atoms with E-state index in [0.717, 1.165) is 43.2 Å². The SMILES string of the molecule is CC(C)(C)NC(N)=NCc1ccnc(N2CCN(c3ccc(F)cc3)CC2)c1.I. The molecule has 3 N–H and O–H groups in total. The lowest BCUT2D eigenvalue weighted by molar-refractivity contribution is 0.508. The van der Waals surface area contributed by atoms with Crippen LogP contribution in [0, 0.1) is 5.82 Å². The van der Waals surface area contributed by atoms with Gasteiger partial charge in [0.25, 0.3) is 0 Å². The molecule has 0 saturated carbocycles. The molecule has 3 rings (SSSR count). The van der Waals surface area contributed by atoms with Crippen molar-refractivity contribution in [2.45, 2.75) is 32.9 Å². The summed E-state index contributed by atoms with van der Waals surface area (Å²) in [7, 11) is 0. The summed E-state index contributed by atoms with van der Waals surface area (Å²) in [5, 5.41) is 3.16. The topological polar surface area (TPSA) is 69.8 Å². The fourth-order valence-corrected chi connectivity index (χ4v) is 3.18. The molecule has 0 amide bonds. The highest BCUT2D eigenvalue weighted by molar-refractivity contribution is 14.0. The summed E-state index contributed by atoms with van der Waals surface area (Å²) < 4.78 is 13.1. The summed E-state index contributed by atoms with van der Waals surface area (Å²) in [4.78, 5) is 13.5. The molecule has 8 heteroatoms. The average Bonchev–Trinajstić information content (AvgIpc) is 2.66. The van der Waals surface area contributed by atoms with E-state index in [2.05, 4.69) is 31.2 Å². The van der Waals surface area contributed by atoms with Gasteiger partial charge in [0, 0.05) is 43.6 Å². The van der Waals surface area contributed by atoms with Gasteiger partial charge in [0.05, 0.1) is 6.54 Å². The van der Waals surface area contributed by atoms with Crippen LogP contribution in [0.5, 0.6) is 0 Å². The predicted molar refractivity (Wildman–Crippen MR) is 129 cm³/mol. The molecule has 2 heterocycles. The third-order valence-corrected chi connectivity index (χ3v) is 4.54. The number of guanidine groups is 1. The smallest absolute Gasteiger partial charge is 0.189 e. The van der Waals surface area contributed by atoms with Crippen LogP contribution in [-0.2, 0) is 6.54 Å². The number of aliphatic imine (C=N–C) groups is 1. The van der Waals surface area contributed by atoms with E-state index >= 15 is 0 Å². The Balaban J connectivity index is 0.00000300. The van der Waals surface area contributed by atoms with Crippen LogP contribution < -0.4 is 20.9 Å². The minimum Gasteiger partial charge on any atom is -0.370 e. The zero-order valence-corrected chi connectivity index (χ0v) is 19.6. The van der Waals surface area contributed by atoms with Gasteiger partial charge in [-0.15, -0.1) is 24.0 Å². The zero-order valence-electron chi connectivity index (χ0n) is 17.2. The molecule has 1 aromatic heterocycles. The molecule has 1 fully saturated rings. The minimum atomic E-state index is -0.204. The number of nitrogens with one attached hydrogen (secondary N) is 1. The number of nitrogens with zero attached hydrogens (tertiary/aromatic N) is 4. The number of anilines is 2. The molecule has 0 unspecified atom stereocenters. The van der Waals surface area contributed by atoms with Crippen molar-refractivity contribution in [2.24, 2.45) is 10.7 Å². The minimum absolute atomic E-state index is 0. The fourth-order valence-electron chi connectivity index (χ4n) is 3.18. The van der Waals surface area contributed by atoms with Crippen LogP contribution in [-0.4, -0.2) is 42.7 Å². The Hall–Kier alpha value is -2.10. The van der Waals surface area contributed by atoms with E-state index in [4.69, 9.17) is 5.73 Å². The fraction of sp³-hybridized carbons (Fsp3) is 0.429. The number of rotatable bonds is 4. The van der Waals surface area contributed by atoms with E-state index in [0.29, 0.717) is 12.5 Å². The Morgan fingerprint density at radius 1 is 1.10 bits per heavy atom. The van der Waals surface area contributed by atoms with Crippen molar-refractivity contribution in [1.29, 1.82) is 0 Å². The summed E-state index contributed by atoms with van der Waals surface area (Å²) in [5.74, 6) is 1.19. The van der Waals surface area contributed by atoms with Gasteiger partial charge < -0.3 is 20.9 Å². The highest BCUT2D eigenvalue weighted by atomic mass is 127. The van der Waals surface area contributed by atoms with Gasteiger partial charge in [-0.2, -0.15) is 0 Å². The van der Waals surface area contributed by atoms with Crippen molar-refractivity contribution >= 4 is 41.4 Å². The number of aromatic nitrogens is 1. The molecule has 1 aliphatic rings. The van der Waals surface area contributed by atoms with Crippen molar-refractivity contribution < 1.29 is 4.39 Å². The number of hydrogen-bond donors (Lipinski definition) is 2. The molecule has 0 aliphatic carbocycles. The molecule has 0 spiro atoms. The molecule has 1 aromatic carbocycles. The van der Waals surface area contributed by atoms with E-state index in [1.165, 1.54) is 12.1 Å². The number of hydrogen-bond acceptors (Lipinski definition) is 4. The highest BCUT2D eigenvalue weighted by Crippen LogP contribution is 2.20. The predicted octanol–water partition coefficient (Wildman–Crippen LogP) is 3.37. The molecule has 29 heavy (non-hydrogen) atoms. The normalized spacial score (nSPS) is 15.1. The van der Waals surface area contributed by atoms with Gasteiger partial charge in [-0.05, 0) is 62.7 Å². The van der Waals surface area contributed by atoms with Gasteiger partial charge in [0.15, 0.2) is 5.96 Å². The van der Waals surface area contributed by atoms with Gasteiger partial charge in [-0.1, -0.05) is 0 Å². The van der Waals surface area contributed by atoms with E-state index < -0.39 is 0 Å². The summed E-state index contributed by atoms with van der Waals surface area (Å²) >= 11 is 0. The van der Waals surface area contributed by atoms with Crippen LogP contribution in [0.2, 0.25) is 0 Å². The molecule has 0 atom stereocenters. The van der Waals surface area contributed by atoms with E-state index in [9.17, 15) is 4.39 Å². The molecule has 1 saturated heterocycles. The number of pyridine rings is 1. The molecule has 0 bridgehead atoms. The lowest BCUT2D eigenvalue weighted by Gasteiger charge is -2.36. The van der Waals surface area contributed by atoms with Gasteiger partial charge in [0.1, 0.15) is 11.6 Å². The molecule has 158 valence electrons. The molecule has 0 radical (unpaired) electrons. The standard InChI is InChI=1S/C21H29FN6.HI/c1-21(2,3)26-20(23)25-15-16-8-9-24-19(14-16)28-12-10-27(11-13-28)18-6-4-17(22)5-7-18;/h4-9,14H,10-13,15H2,1-3H3,(H3,23,25,26);1H. The van der Waals surface area contributed by atoms with Gasteiger partial charge >= 0.3 is 0 Å². The maximum Gasteiger partial charge on any atom is 0.189 e. The summed E-state index contributed by atoms with van der Waals surface area (Å²) in [6, 6.07) is 10.7. The van der Waals surface area contributed by atoms with Crippen molar-refractivity contribution in [2.75, 3.05) is 36.0 Å². The van der Waals surface area contributed by atoms with Crippen LogP contribution in [0.1, 0.15) is 26.3 Å². The first-order valence-corrected chi connectivity index (χ1v) is 9.59. The number of halogens is 2. The summed E-state index contributed by atoms with van der Waals surface area (Å²) in [6.07, 6.45) is 1.82. The number of benzene rings is 1. The maximum atomic E-state index is 13.1. The van der Waals surface area contributed by atoms with Crippen molar-refractivity contribution in [3.63, 3.8) is 0 Å². The first-order valence-electron chi connectivity index (χ1n) is 9.59. The van der Waals surface area contributed by atoms with Crippen molar-refractivity contribution in [3.05, 3.63) is 54.0 Å². The molecular formula is C21H30FIN6. The Morgan fingerprint density at radius 2 is 1.72 bits per heavy atom. The van der Waals surface area contributed by atoms with Crippen LogP contribution >= 0.6 is 24.0 Å². The van der Waals surface area contributed by atoms with Gasteiger partial charge in [0.2, 0.25) is 0 Å². The Labute approximate surface area is 189 Å². The number of nitrogens with two attached hydrogens (primary N) is 1. The summed E-state index contributed by atoms with van der Waals surface area (Å²) in [5.41, 5.74) is 7.97. The van der Waals surface area contributed by atoms with Crippen LogP contribution in [0.4, 0.5) is 15.9 Å². The van der Waals surface area contributed by atoms with Crippen molar-refractivity contribution in [3.8, 4) is 0 Å². The van der Waals surface area contributed by atoms with Gasteiger partial charge in [-0.3, -0.25) is 0 Å². The Bertz CT molecular complexity index is 811. The Kier molecular flexibility index (Phi) is 8.06. The summed E-state index contributed by atoms with van der Waals surface area (Å²) in [6.45, 7) is 10.1. The first kappa shape index (κ1) is 23.2. The number of piperazine rings is 1. The second-order valence-electron chi connectivity index (χ2n) is 8.05. The third kappa shape index (κ3) is 7.02. The molecule has 6 nitrogen and oxygen atoms in total. The highest BCUT2D eigenvalue weighted by Gasteiger charge is 2.18. The molecule has 2 aromatic rings. The first-order chi connectivity index (χ1) is 13.3. The van der Waals surface area contributed by atoms with Crippen molar-refractivity contribution in [1.82, 2.24) is 10.3 Å². The lowest BCUT2D eigenvalue weighted by atomic mass is 10.1. The Morgan fingerprint density at radius 3 is 2.34 bits per heavy atom. The monoisotopic (exact) mass is 512 g/mol. The lowest BCUT2D eigenvalue weighted by Crippen LogP contribution is -2.46. The van der Waals surface area contributed by atoms with Crippen LogP contribution in [0.25, 0.3) is 0 Å². The third-order valence-electron chi connectivity index (χ3n) is 4.54. The quantitative estimate of drug-likeness (QED) is 0.374. The molecule has 1 aliphatic heterocycles. The van der Waals surface area contributed by atoms with E-state index in [1.807, 2.05) is 45.2 Å². The van der Waals surface area contributed by atoms with Crippen LogP contribution in [0.15, 0.2) is 47.6 Å². The molecular weight excluding hydrogens is 482 g/mol. The zero-order chi connectivity index (χ0) is 20.1.